The van der Waals surface area contributed by atoms with E-state index in [4.69, 9.17) is 15.2 Å². The zero-order valence-corrected chi connectivity index (χ0v) is 11.5. The second kappa shape index (κ2) is 5.75. The van der Waals surface area contributed by atoms with Crippen molar-refractivity contribution in [1.29, 1.82) is 0 Å². The first kappa shape index (κ1) is 13.4. The summed E-state index contributed by atoms with van der Waals surface area (Å²) in [5, 5.41) is 4.27. The van der Waals surface area contributed by atoms with Crippen molar-refractivity contribution in [3.05, 3.63) is 23.9 Å². The SMILES string of the molecule is COc1cc(OC)c2nc(C)cc(NCCN)c2c1. The summed E-state index contributed by atoms with van der Waals surface area (Å²) < 4.78 is 10.7. The zero-order valence-electron chi connectivity index (χ0n) is 11.5. The predicted molar refractivity (Wildman–Crippen MR) is 77.1 cm³/mol. The summed E-state index contributed by atoms with van der Waals surface area (Å²) >= 11 is 0. The summed E-state index contributed by atoms with van der Waals surface area (Å²) in [7, 11) is 3.26. The van der Waals surface area contributed by atoms with E-state index in [0.29, 0.717) is 18.8 Å². The van der Waals surface area contributed by atoms with Crippen LogP contribution in [0.15, 0.2) is 18.2 Å². The van der Waals surface area contributed by atoms with Crippen molar-refractivity contribution in [1.82, 2.24) is 4.98 Å². The molecule has 0 radical (unpaired) electrons. The second-order valence-corrected chi connectivity index (χ2v) is 4.25. The van der Waals surface area contributed by atoms with Crippen molar-refractivity contribution >= 4 is 16.6 Å². The highest BCUT2D eigenvalue weighted by molar-refractivity contribution is 5.96. The maximum Gasteiger partial charge on any atom is 0.148 e. The van der Waals surface area contributed by atoms with Gasteiger partial charge in [-0.25, -0.2) is 4.98 Å². The number of nitrogens with one attached hydrogen (secondary N) is 1. The lowest BCUT2D eigenvalue weighted by Gasteiger charge is -2.13. The molecule has 0 aliphatic carbocycles. The summed E-state index contributed by atoms with van der Waals surface area (Å²) in [5.74, 6) is 1.44. The molecular formula is C14H19N3O2. The fraction of sp³-hybridized carbons (Fsp3) is 0.357. The van der Waals surface area contributed by atoms with Crippen LogP contribution in [0.3, 0.4) is 0 Å². The Morgan fingerprint density at radius 2 is 2.00 bits per heavy atom. The first-order valence-electron chi connectivity index (χ1n) is 6.17. The zero-order chi connectivity index (χ0) is 13.8. The highest BCUT2D eigenvalue weighted by Crippen LogP contribution is 2.34. The van der Waals surface area contributed by atoms with Crippen LogP contribution in [-0.2, 0) is 0 Å². The fourth-order valence-corrected chi connectivity index (χ4v) is 2.03. The fourth-order valence-electron chi connectivity index (χ4n) is 2.03. The average molecular weight is 261 g/mol. The second-order valence-electron chi connectivity index (χ2n) is 4.25. The number of anilines is 1. The molecule has 0 atom stereocenters. The van der Waals surface area contributed by atoms with E-state index in [0.717, 1.165) is 28.0 Å². The molecule has 1 aromatic carbocycles. The number of methoxy groups -OCH3 is 2. The maximum absolute atomic E-state index is 5.54. The minimum atomic E-state index is 0.573. The van der Waals surface area contributed by atoms with Crippen LogP contribution in [0, 0.1) is 6.92 Å². The molecule has 0 aliphatic rings. The number of aromatic nitrogens is 1. The van der Waals surface area contributed by atoms with Crippen LogP contribution in [-0.4, -0.2) is 32.3 Å². The van der Waals surface area contributed by atoms with Crippen LogP contribution < -0.4 is 20.5 Å². The molecule has 0 fully saturated rings. The van der Waals surface area contributed by atoms with Gasteiger partial charge >= 0.3 is 0 Å². The van der Waals surface area contributed by atoms with Crippen LogP contribution in [0.25, 0.3) is 10.9 Å². The third-order valence-electron chi connectivity index (χ3n) is 2.90. The summed E-state index contributed by atoms with van der Waals surface area (Å²) in [6, 6.07) is 5.78. The third-order valence-corrected chi connectivity index (χ3v) is 2.90. The van der Waals surface area contributed by atoms with Crippen molar-refractivity contribution in [2.45, 2.75) is 6.92 Å². The Kier molecular flexibility index (Phi) is 4.06. The van der Waals surface area contributed by atoms with Crippen LogP contribution in [0.2, 0.25) is 0 Å². The van der Waals surface area contributed by atoms with Crippen LogP contribution >= 0.6 is 0 Å². The summed E-state index contributed by atoms with van der Waals surface area (Å²) in [6.45, 7) is 3.23. The average Bonchev–Trinajstić information content (AvgIpc) is 2.43. The molecular weight excluding hydrogens is 242 g/mol. The normalized spacial score (nSPS) is 10.5. The lowest BCUT2D eigenvalue weighted by molar-refractivity contribution is 0.397. The smallest absolute Gasteiger partial charge is 0.148 e. The minimum Gasteiger partial charge on any atom is -0.497 e. The molecule has 2 rings (SSSR count). The molecule has 5 nitrogen and oxygen atoms in total. The number of hydrogen-bond donors (Lipinski definition) is 2. The molecule has 0 spiro atoms. The topological polar surface area (TPSA) is 69.4 Å². The lowest BCUT2D eigenvalue weighted by atomic mass is 10.1. The van der Waals surface area contributed by atoms with Gasteiger partial charge in [0.2, 0.25) is 0 Å². The minimum absolute atomic E-state index is 0.573. The molecule has 19 heavy (non-hydrogen) atoms. The summed E-state index contributed by atoms with van der Waals surface area (Å²) in [4.78, 5) is 4.54. The maximum atomic E-state index is 5.54. The standard InChI is InChI=1S/C14H19N3O2/c1-9-6-12(16-5-4-15)11-7-10(18-2)8-13(19-3)14(11)17-9/h6-8H,4-5,15H2,1-3H3,(H,16,17). The van der Waals surface area contributed by atoms with Gasteiger partial charge in [-0.2, -0.15) is 0 Å². The highest BCUT2D eigenvalue weighted by Gasteiger charge is 2.11. The first-order chi connectivity index (χ1) is 9.19. The van der Waals surface area contributed by atoms with Gasteiger partial charge in [0.05, 0.1) is 14.2 Å². The number of aryl methyl sites for hydroxylation is 1. The molecule has 3 N–H and O–H groups in total. The highest BCUT2D eigenvalue weighted by atomic mass is 16.5. The van der Waals surface area contributed by atoms with Gasteiger partial charge in [-0.3, -0.25) is 0 Å². The molecule has 0 aliphatic heterocycles. The number of fused-ring (bicyclic) bond motifs is 1. The molecule has 1 aromatic heterocycles. The third kappa shape index (κ3) is 2.71. The molecule has 0 saturated heterocycles. The largest absolute Gasteiger partial charge is 0.497 e. The van der Waals surface area contributed by atoms with Gasteiger partial charge in [0.25, 0.3) is 0 Å². The first-order valence-corrected chi connectivity index (χ1v) is 6.17. The Morgan fingerprint density at radius 3 is 2.63 bits per heavy atom. The van der Waals surface area contributed by atoms with E-state index < -0.39 is 0 Å². The van der Waals surface area contributed by atoms with Gasteiger partial charge in [-0.05, 0) is 19.1 Å². The van der Waals surface area contributed by atoms with E-state index in [1.807, 2.05) is 25.1 Å². The molecule has 102 valence electrons. The Hall–Kier alpha value is -2.01. The Balaban J connectivity index is 2.66. The number of benzene rings is 1. The van der Waals surface area contributed by atoms with Gasteiger partial charge in [0.1, 0.15) is 17.0 Å². The van der Waals surface area contributed by atoms with E-state index in [2.05, 4.69) is 10.3 Å². The number of ether oxygens (including phenoxy) is 2. The molecule has 1 heterocycles. The predicted octanol–water partition coefficient (Wildman–Crippen LogP) is 1.93. The number of pyridine rings is 1. The number of rotatable bonds is 5. The Labute approximate surface area is 112 Å². The van der Waals surface area contributed by atoms with E-state index in [1.165, 1.54) is 0 Å². The monoisotopic (exact) mass is 261 g/mol. The van der Waals surface area contributed by atoms with Crippen molar-refractivity contribution < 1.29 is 9.47 Å². The van der Waals surface area contributed by atoms with Crippen LogP contribution in [0.4, 0.5) is 5.69 Å². The van der Waals surface area contributed by atoms with E-state index in [-0.39, 0.29) is 0 Å². The van der Waals surface area contributed by atoms with E-state index >= 15 is 0 Å². The van der Waals surface area contributed by atoms with Crippen LogP contribution in [0.5, 0.6) is 11.5 Å². The Bertz CT molecular complexity index is 584. The van der Waals surface area contributed by atoms with Gasteiger partial charge in [0.15, 0.2) is 0 Å². The summed E-state index contributed by atoms with van der Waals surface area (Å²) in [5.41, 5.74) is 8.28. The molecule has 5 heteroatoms. The number of hydrogen-bond acceptors (Lipinski definition) is 5. The molecule has 0 unspecified atom stereocenters. The van der Waals surface area contributed by atoms with Gasteiger partial charge in [0, 0.05) is 35.9 Å². The van der Waals surface area contributed by atoms with Gasteiger partial charge < -0.3 is 20.5 Å². The van der Waals surface area contributed by atoms with Gasteiger partial charge in [-0.15, -0.1) is 0 Å². The van der Waals surface area contributed by atoms with E-state index in [9.17, 15) is 0 Å². The van der Waals surface area contributed by atoms with Crippen LogP contribution in [0.1, 0.15) is 5.69 Å². The van der Waals surface area contributed by atoms with Gasteiger partial charge in [-0.1, -0.05) is 0 Å². The molecule has 0 amide bonds. The lowest BCUT2D eigenvalue weighted by Crippen LogP contribution is -2.13. The molecule has 0 bridgehead atoms. The van der Waals surface area contributed by atoms with E-state index in [1.54, 1.807) is 14.2 Å². The van der Waals surface area contributed by atoms with Crippen molar-refractivity contribution in [3.8, 4) is 11.5 Å². The number of nitrogens with two attached hydrogens (primary N) is 1. The van der Waals surface area contributed by atoms with Crippen molar-refractivity contribution in [2.24, 2.45) is 5.73 Å². The quantitative estimate of drug-likeness (QED) is 0.860. The molecule has 0 saturated carbocycles. The van der Waals surface area contributed by atoms with Crippen molar-refractivity contribution in [2.75, 3.05) is 32.6 Å². The van der Waals surface area contributed by atoms with Crippen molar-refractivity contribution in [3.63, 3.8) is 0 Å². The number of nitrogens with zero attached hydrogens (tertiary/aromatic N) is 1. The molecule has 2 aromatic rings. The Morgan fingerprint density at radius 1 is 1.21 bits per heavy atom. The summed E-state index contributed by atoms with van der Waals surface area (Å²) in [6.07, 6.45) is 0.